The average molecular weight is 418 g/mol. The molecule has 2 rings (SSSR count). The van der Waals surface area contributed by atoms with E-state index in [0.29, 0.717) is 16.8 Å². The lowest BCUT2D eigenvalue weighted by Crippen LogP contribution is -2.27. The number of carbonyl (C=O) groups is 3. The van der Waals surface area contributed by atoms with Gasteiger partial charge in [-0.1, -0.05) is 15.9 Å². The van der Waals surface area contributed by atoms with E-state index in [0.717, 1.165) is 4.47 Å². The highest BCUT2D eigenvalue weighted by Gasteiger charge is 2.09. The van der Waals surface area contributed by atoms with Gasteiger partial charge in [0.25, 0.3) is 11.8 Å². The smallest absolute Gasteiger partial charge is 0.253 e. The lowest BCUT2D eigenvalue weighted by molar-refractivity contribution is -0.116. The molecule has 0 aliphatic heterocycles. The van der Waals surface area contributed by atoms with E-state index >= 15 is 0 Å². The van der Waals surface area contributed by atoms with Crippen LogP contribution >= 0.6 is 15.9 Å². The number of nitrogens with zero attached hydrogens (tertiary/aromatic N) is 1. The Hall–Kier alpha value is -2.67. The molecule has 0 atom stereocenters. The minimum absolute atomic E-state index is 0.0986. The maximum atomic E-state index is 12.0. The largest absolute Gasteiger partial charge is 0.352 e. The van der Waals surface area contributed by atoms with Gasteiger partial charge in [0.15, 0.2) is 0 Å². The van der Waals surface area contributed by atoms with Gasteiger partial charge in [0.1, 0.15) is 0 Å². The van der Waals surface area contributed by atoms with Crippen molar-refractivity contribution in [2.24, 2.45) is 0 Å². The molecule has 0 spiro atoms. The zero-order chi connectivity index (χ0) is 19.1. The third-order valence-electron chi connectivity index (χ3n) is 3.57. The van der Waals surface area contributed by atoms with Crippen LogP contribution in [0.15, 0.2) is 53.0 Å². The molecule has 0 unspecified atom stereocenters. The molecule has 0 bridgehead atoms. The van der Waals surface area contributed by atoms with E-state index < -0.39 is 0 Å². The van der Waals surface area contributed by atoms with Gasteiger partial charge in [0.05, 0.1) is 0 Å². The van der Waals surface area contributed by atoms with Gasteiger partial charge in [-0.2, -0.15) is 0 Å². The first-order chi connectivity index (χ1) is 12.4. The lowest BCUT2D eigenvalue weighted by Gasteiger charge is -2.11. The third kappa shape index (κ3) is 5.70. The number of anilines is 1. The predicted molar refractivity (Wildman–Crippen MR) is 104 cm³/mol. The van der Waals surface area contributed by atoms with Crippen LogP contribution < -0.4 is 10.6 Å². The fourth-order valence-electron chi connectivity index (χ4n) is 2.17. The molecule has 2 N–H and O–H groups in total. The van der Waals surface area contributed by atoms with E-state index in [1.54, 1.807) is 62.6 Å². The monoisotopic (exact) mass is 417 g/mol. The fourth-order valence-corrected chi connectivity index (χ4v) is 2.44. The molecule has 0 aromatic heterocycles. The van der Waals surface area contributed by atoms with E-state index in [-0.39, 0.29) is 30.7 Å². The summed E-state index contributed by atoms with van der Waals surface area (Å²) in [6.45, 7) is 0.234. The number of benzene rings is 2. The van der Waals surface area contributed by atoms with Gasteiger partial charge in [-0.15, -0.1) is 0 Å². The van der Waals surface area contributed by atoms with Gasteiger partial charge >= 0.3 is 0 Å². The van der Waals surface area contributed by atoms with Crippen LogP contribution in [0.25, 0.3) is 0 Å². The third-order valence-corrected chi connectivity index (χ3v) is 4.09. The zero-order valence-corrected chi connectivity index (χ0v) is 16.2. The van der Waals surface area contributed by atoms with Crippen molar-refractivity contribution >= 4 is 39.3 Å². The van der Waals surface area contributed by atoms with Gasteiger partial charge in [-0.25, -0.2) is 0 Å². The Morgan fingerprint density at radius 3 is 2.08 bits per heavy atom. The molecule has 0 radical (unpaired) electrons. The van der Waals surface area contributed by atoms with Crippen molar-refractivity contribution in [1.82, 2.24) is 10.2 Å². The van der Waals surface area contributed by atoms with E-state index in [2.05, 4.69) is 26.6 Å². The van der Waals surface area contributed by atoms with Gasteiger partial charge in [0.2, 0.25) is 5.91 Å². The second kappa shape index (κ2) is 9.15. The SMILES string of the molecule is CN(C)C(=O)c1ccc(NC(=O)CCNC(=O)c2ccc(Br)cc2)cc1. The lowest BCUT2D eigenvalue weighted by atomic mass is 10.2. The standard InChI is InChI=1S/C19H20BrN3O3/c1-23(2)19(26)14-5-9-16(10-6-14)22-17(24)11-12-21-18(25)13-3-7-15(20)8-4-13/h3-10H,11-12H2,1-2H3,(H,21,25)(H,22,24). The highest BCUT2D eigenvalue weighted by atomic mass is 79.9. The molecule has 26 heavy (non-hydrogen) atoms. The number of hydrogen-bond acceptors (Lipinski definition) is 3. The summed E-state index contributed by atoms with van der Waals surface area (Å²) in [5, 5.41) is 5.44. The average Bonchev–Trinajstić information content (AvgIpc) is 2.62. The summed E-state index contributed by atoms with van der Waals surface area (Å²) in [4.78, 5) is 37.2. The molecule has 2 aromatic carbocycles. The summed E-state index contributed by atoms with van der Waals surface area (Å²) in [6.07, 6.45) is 0.153. The highest BCUT2D eigenvalue weighted by molar-refractivity contribution is 9.10. The first-order valence-corrected chi connectivity index (χ1v) is 8.81. The van der Waals surface area contributed by atoms with E-state index in [4.69, 9.17) is 0 Å². The Kier molecular flexibility index (Phi) is 6.91. The highest BCUT2D eigenvalue weighted by Crippen LogP contribution is 2.12. The normalized spacial score (nSPS) is 10.1. The number of nitrogens with one attached hydrogen (secondary N) is 2. The Morgan fingerprint density at radius 1 is 0.923 bits per heavy atom. The molecule has 0 saturated carbocycles. The number of halogens is 1. The minimum Gasteiger partial charge on any atom is -0.352 e. The van der Waals surface area contributed by atoms with Crippen LogP contribution in [0.1, 0.15) is 27.1 Å². The summed E-state index contributed by atoms with van der Waals surface area (Å²) in [7, 11) is 3.36. The van der Waals surface area contributed by atoms with Crippen LogP contribution in [-0.4, -0.2) is 43.3 Å². The molecule has 0 aliphatic carbocycles. The maximum Gasteiger partial charge on any atom is 0.253 e. The molecular weight excluding hydrogens is 398 g/mol. The number of carbonyl (C=O) groups excluding carboxylic acids is 3. The van der Waals surface area contributed by atoms with Crippen molar-refractivity contribution in [1.29, 1.82) is 0 Å². The Bertz CT molecular complexity index is 787. The number of rotatable bonds is 6. The van der Waals surface area contributed by atoms with Crippen LogP contribution in [0.2, 0.25) is 0 Å². The van der Waals surface area contributed by atoms with Crippen LogP contribution in [0, 0.1) is 0 Å². The molecule has 7 heteroatoms. The molecule has 6 nitrogen and oxygen atoms in total. The number of hydrogen-bond donors (Lipinski definition) is 2. The molecule has 0 fully saturated rings. The van der Waals surface area contributed by atoms with Crippen LogP contribution in [0.3, 0.4) is 0 Å². The Morgan fingerprint density at radius 2 is 1.50 bits per heavy atom. The van der Waals surface area contributed by atoms with Crippen molar-refractivity contribution in [2.45, 2.75) is 6.42 Å². The molecule has 0 heterocycles. The van der Waals surface area contributed by atoms with Crippen LogP contribution in [-0.2, 0) is 4.79 Å². The summed E-state index contributed by atoms with van der Waals surface area (Å²) in [5.41, 5.74) is 1.69. The van der Waals surface area contributed by atoms with Crippen molar-refractivity contribution < 1.29 is 14.4 Å². The minimum atomic E-state index is -0.225. The van der Waals surface area contributed by atoms with Gasteiger partial charge in [-0.3, -0.25) is 14.4 Å². The van der Waals surface area contributed by atoms with Crippen molar-refractivity contribution in [2.75, 3.05) is 26.0 Å². The Balaban J connectivity index is 1.79. The van der Waals surface area contributed by atoms with Crippen molar-refractivity contribution in [3.8, 4) is 0 Å². The summed E-state index contributed by atoms with van der Waals surface area (Å²) >= 11 is 3.31. The first-order valence-electron chi connectivity index (χ1n) is 8.02. The molecule has 0 aliphatic rings. The summed E-state index contributed by atoms with van der Waals surface area (Å²) in [5.74, 6) is -0.539. The molecule has 3 amide bonds. The Labute approximate surface area is 160 Å². The maximum absolute atomic E-state index is 12.0. The van der Waals surface area contributed by atoms with E-state index in [1.165, 1.54) is 4.90 Å². The molecular formula is C19H20BrN3O3. The first kappa shape index (κ1) is 19.7. The molecule has 2 aromatic rings. The predicted octanol–water partition coefficient (Wildman–Crippen LogP) is 2.91. The van der Waals surface area contributed by atoms with E-state index in [1.807, 2.05) is 0 Å². The van der Waals surface area contributed by atoms with Crippen LogP contribution in [0.4, 0.5) is 5.69 Å². The van der Waals surface area contributed by atoms with Crippen molar-refractivity contribution in [3.63, 3.8) is 0 Å². The second-order valence-corrected chi connectivity index (χ2v) is 6.75. The molecule has 136 valence electrons. The van der Waals surface area contributed by atoms with Crippen LogP contribution in [0.5, 0.6) is 0 Å². The van der Waals surface area contributed by atoms with Gasteiger partial charge in [0, 0.05) is 48.3 Å². The quantitative estimate of drug-likeness (QED) is 0.758. The summed E-state index contributed by atoms with van der Waals surface area (Å²) < 4.78 is 0.895. The molecule has 0 saturated heterocycles. The number of amides is 3. The second-order valence-electron chi connectivity index (χ2n) is 5.84. The van der Waals surface area contributed by atoms with Gasteiger partial charge < -0.3 is 15.5 Å². The summed E-state index contributed by atoms with van der Waals surface area (Å²) in [6, 6.07) is 13.6. The van der Waals surface area contributed by atoms with Gasteiger partial charge in [-0.05, 0) is 48.5 Å². The van der Waals surface area contributed by atoms with E-state index in [9.17, 15) is 14.4 Å². The van der Waals surface area contributed by atoms with Crippen molar-refractivity contribution in [3.05, 3.63) is 64.1 Å². The fraction of sp³-hybridized carbons (Fsp3) is 0.211. The zero-order valence-electron chi connectivity index (χ0n) is 14.6. The topological polar surface area (TPSA) is 78.5 Å².